The molecule has 2 nitrogen and oxygen atoms in total. The minimum Gasteiger partial charge on any atom is -0.347 e. The summed E-state index contributed by atoms with van der Waals surface area (Å²) in [6.45, 7) is 2.60. The van der Waals surface area contributed by atoms with E-state index in [1.165, 1.54) is 5.69 Å². The summed E-state index contributed by atoms with van der Waals surface area (Å²) >= 11 is 6.18. The fourth-order valence-corrected chi connectivity index (χ4v) is 2.13. The number of nitrogens with zero attached hydrogens (tertiary/aromatic N) is 1. The van der Waals surface area contributed by atoms with Crippen molar-refractivity contribution in [3.63, 3.8) is 0 Å². The molecule has 0 atom stereocenters. The van der Waals surface area contributed by atoms with Crippen LogP contribution in [0.2, 0.25) is 5.02 Å². The summed E-state index contributed by atoms with van der Waals surface area (Å²) in [6.07, 6.45) is 0. The average molecular weight is 209 g/mol. The summed E-state index contributed by atoms with van der Waals surface area (Å²) in [7, 11) is 2.02. The van der Waals surface area contributed by atoms with E-state index in [2.05, 4.69) is 23.6 Å². The summed E-state index contributed by atoms with van der Waals surface area (Å²) in [5, 5.41) is 1.94. The van der Waals surface area contributed by atoms with Crippen LogP contribution in [0.15, 0.2) is 18.2 Å². The molecule has 0 aliphatic carbocycles. The summed E-state index contributed by atoms with van der Waals surface area (Å²) in [4.78, 5) is 0. The number of aromatic nitrogens is 1. The van der Waals surface area contributed by atoms with E-state index in [0.717, 1.165) is 21.5 Å². The molecule has 2 aromatic rings. The van der Waals surface area contributed by atoms with Crippen molar-refractivity contribution >= 4 is 22.5 Å². The fourth-order valence-electron chi connectivity index (χ4n) is 1.76. The van der Waals surface area contributed by atoms with Gasteiger partial charge in [0.05, 0.1) is 10.5 Å². The Labute approximate surface area is 88.3 Å². The van der Waals surface area contributed by atoms with Gasteiger partial charge < -0.3 is 10.3 Å². The normalized spacial score (nSPS) is 11.1. The minimum absolute atomic E-state index is 0.531. The van der Waals surface area contributed by atoms with Crippen LogP contribution < -0.4 is 5.73 Å². The van der Waals surface area contributed by atoms with Gasteiger partial charge in [-0.05, 0) is 30.7 Å². The number of hydrogen-bond acceptors (Lipinski definition) is 1. The lowest BCUT2D eigenvalue weighted by Gasteiger charge is -2.03. The molecule has 14 heavy (non-hydrogen) atoms. The van der Waals surface area contributed by atoms with Gasteiger partial charge in [-0.15, -0.1) is 0 Å². The van der Waals surface area contributed by atoms with Gasteiger partial charge in [-0.25, -0.2) is 0 Å². The van der Waals surface area contributed by atoms with Crippen LogP contribution in [-0.2, 0) is 13.6 Å². The number of rotatable bonds is 1. The van der Waals surface area contributed by atoms with E-state index >= 15 is 0 Å². The van der Waals surface area contributed by atoms with Gasteiger partial charge >= 0.3 is 0 Å². The number of aryl methyl sites for hydroxylation is 2. The van der Waals surface area contributed by atoms with Crippen LogP contribution >= 0.6 is 11.6 Å². The maximum absolute atomic E-state index is 6.18. The van der Waals surface area contributed by atoms with Crippen molar-refractivity contribution < 1.29 is 0 Å². The van der Waals surface area contributed by atoms with E-state index < -0.39 is 0 Å². The minimum atomic E-state index is 0.531. The molecule has 0 saturated heterocycles. The van der Waals surface area contributed by atoms with Crippen molar-refractivity contribution in [2.24, 2.45) is 12.8 Å². The zero-order chi connectivity index (χ0) is 10.3. The predicted molar refractivity (Wildman–Crippen MR) is 60.6 cm³/mol. The standard InChI is InChI=1S/C11H13ClN2/c1-7-3-9-4-8(6-13)5-10(12)11(9)14(7)2/h3-5H,6,13H2,1-2H3. The molecule has 2 N–H and O–H groups in total. The smallest absolute Gasteiger partial charge is 0.0669 e. The number of halogens is 1. The summed E-state index contributed by atoms with van der Waals surface area (Å²) in [6, 6.07) is 6.15. The van der Waals surface area contributed by atoms with Gasteiger partial charge in [0.25, 0.3) is 0 Å². The maximum atomic E-state index is 6.18. The van der Waals surface area contributed by atoms with Gasteiger partial charge in [0, 0.05) is 24.7 Å². The predicted octanol–water partition coefficient (Wildman–Crippen LogP) is 2.60. The molecule has 1 heterocycles. The van der Waals surface area contributed by atoms with Crippen molar-refractivity contribution in [1.29, 1.82) is 0 Å². The van der Waals surface area contributed by atoms with Crippen molar-refractivity contribution in [3.8, 4) is 0 Å². The first-order valence-corrected chi connectivity index (χ1v) is 4.96. The second-order valence-corrected chi connectivity index (χ2v) is 3.97. The van der Waals surface area contributed by atoms with Gasteiger partial charge in [-0.1, -0.05) is 11.6 Å². The Bertz CT molecular complexity index is 485. The zero-order valence-electron chi connectivity index (χ0n) is 8.34. The quantitative estimate of drug-likeness (QED) is 0.768. The molecule has 0 bridgehead atoms. The summed E-state index contributed by atoms with van der Waals surface area (Å²) < 4.78 is 2.10. The highest BCUT2D eigenvalue weighted by Gasteiger charge is 2.07. The highest BCUT2D eigenvalue weighted by molar-refractivity contribution is 6.35. The molecule has 0 fully saturated rings. The van der Waals surface area contributed by atoms with Gasteiger partial charge in [-0.3, -0.25) is 0 Å². The van der Waals surface area contributed by atoms with Crippen molar-refractivity contribution in [2.75, 3.05) is 0 Å². The van der Waals surface area contributed by atoms with Crippen LogP contribution in [0.4, 0.5) is 0 Å². The van der Waals surface area contributed by atoms with Gasteiger partial charge in [-0.2, -0.15) is 0 Å². The molecule has 0 aliphatic heterocycles. The Morgan fingerprint density at radius 3 is 2.71 bits per heavy atom. The number of hydrogen-bond donors (Lipinski definition) is 1. The molecular formula is C11H13ClN2. The molecular weight excluding hydrogens is 196 g/mol. The first-order valence-electron chi connectivity index (χ1n) is 4.58. The van der Waals surface area contributed by atoms with Crippen LogP contribution in [0.1, 0.15) is 11.3 Å². The van der Waals surface area contributed by atoms with Crippen molar-refractivity contribution in [3.05, 3.63) is 34.5 Å². The Hall–Kier alpha value is -0.990. The topological polar surface area (TPSA) is 30.9 Å². The first kappa shape index (κ1) is 9.56. The van der Waals surface area contributed by atoms with Crippen LogP contribution in [0, 0.1) is 6.92 Å². The van der Waals surface area contributed by atoms with Crippen LogP contribution in [0.25, 0.3) is 10.9 Å². The highest BCUT2D eigenvalue weighted by atomic mass is 35.5. The van der Waals surface area contributed by atoms with E-state index in [0.29, 0.717) is 6.54 Å². The Morgan fingerprint density at radius 1 is 1.36 bits per heavy atom. The lowest BCUT2D eigenvalue weighted by Crippen LogP contribution is -1.96. The monoisotopic (exact) mass is 208 g/mol. The van der Waals surface area contributed by atoms with E-state index in [1.54, 1.807) is 0 Å². The maximum Gasteiger partial charge on any atom is 0.0669 e. The third kappa shape index (κ3) is 1.31. The molecule has 0 saturated carbocycles. The molecule has 1 aromatic heterocycles. The second-order valence-electron chi connectivity index (χ2n) is 3.56. The lowest BCUT2D eigenvalue weighted by molar-refractivity contribution is 0.918. The number of nitrogens with two attached hydrogens (primary N) is 1. The van der Waals surface area contributed by atoms with Gasteiger partial charge in [0.1, 0.15) is 0 Å². The van der Waals surface area contributed by atoms with Crippen molar-refractivity contribution in [1.82, 2.24) is 4.57 Å². The van der Waals surface area contributed by atoms with Crippen LogP contribution in [-0.4, -0.2) is 4.57 Å². The van der Waals surface area contributed by atoms with Crippen molar-refractivity contribution in [2.45, 2.75) is 13.5 Å². The Kier molecular flexibility index (Phi) is 2.25. The molecule has 0 aliphatic rings. The third-order valence-corrected chi connectivity index (χ3v) is 2.91. The number of fused-ring (bicyclic) bond motifs is 1. The lowest BCUT2D eigenvalue weighted by atomic mass is 10.1. The first-order chi connectivity index (χ1) is 6.63. The fraction of sp³-hybridized carbons (Fsp3) is 0.273. The molecule has 0 unspecified atom stereocenters. The third-order valence-electron chi connectivity index (χ3n) is 2.62. The second kappa shape index (κ2) is 3.30. The zero-order valence-corrected chi connectivity index (χ0v) is 9.10. The van der Waals surface area contributed by atoms with Gasteiger partial charge in [0.2, 0.25) is 0 Å². The Morgan fingerprint density at radius 2 is 2.07 bits per heavy atom. The molecule has 74 valence electrons. The van der Waals surface area contributed by atoms with Crippen LogP contribution in [0.5, 0.6) is 0 Å². The summed E-state index contributed by atoms with van der Waals surface area (Å²) in [5.41, 5.74) is 8.96. The molecule has 0 spiro atoms. The molecule has 0 amide bonds. The highest BCUT2D eigenvalue weighted by Crippen LogP contribution is 2.27. The van der Waals surface area contributed by atoms with Gasteiger partial charge in [0.15, 0.2) is 0 Å². The van der Waals surface area contributed by atoms with E-state index in [1.807, 2.05) is 13.1 Å². The Balaban J connectivity index is 2.83. The largest absolute Gasteiger partial charge is 0.347 e. The van der Waals surface area contributed by atoms with Crippen LogP contribution in [0.3, 0.4) is 0 Å². The number of benzene rings is 1. The average Bonchev–Trinajstić information content (AvgIpc) is 2.43. The SMILES string of the molecule is Cc1cc2cc(CN)cc(Cl)c2n1C. The van der Waals surface area contributed by atoms with E-state index in [-0.39, 0.29) is 0 Å². The van der Waals surface area contributed by atoms with E-state index in [4.69, 9.17) is 17.3 Å². The summed E-state index contributed by atoms with van der Waals surface area (Å²) in [5.74, 6) is 0. The molecule has 3 heteroatoms. The molecule has 0 radical (unpaired) electrons. The molecule has 2 rings (SSSR count). The molecule has 1 aromatic carbocycles. The van der Waals surface area contributed by atoms with E-state index in [9.17, 15) is 0 Å².